The van der Waals surface area contributed by atoms with Crippen molar-refractivity contribution in [2.75, 3.05) is 45.9 Å². The minimum Gasteiger partial charge on any atom is -0.378 e. The number of carbonyl (C=O) groups is 2. The Hall–Kier alpha value is -2.71. The number of benzene rings is 1. The summed E-state index contributed by atoms with van der Waals surface area (Å²) < 4.78 is 5.30. The largest absolute Gasteiger partial charge is 0.378 e. The van der Waals surface area contributed by atoms with Gasteiger partial charge in [-0.3, -0.25) is 14.4 Å². The molecule has 2 saturated heterocycles. The van der Waals surface area contributed by atoms with E-state index in [1.54, 1.807) is 17.0 Å². The molecule has 0 bridgehead atoms. The Morgan fingerprint density at radius 3 is 2.70 bits per heavy atom. The Balaban J connectivity index is 1.63. The molecular formula is C19H22N4O4. The zero-order valence-electron chi connectivity index (χ0n) is 14.9. The Labute approximate surface area is 156 Å². The van der Waals surface area contributed by atoms with Crippen molar-refractivity contribution in [3.63, 3.8) is 0 Å². The number of nitrogens with one attached hydrogen (secondary N) is 2. The third-order valence-corrected chi connectivity index (χ3v) is 5.10. The summed E-state index contributed by atoms with van der Waals surface area (Å²) >= 11 is 0. The van der Waals surface area contributed by atoms with E-state index in [4.69, 9.17) is 4.74 Å². The van der Waals surface area contributed by atoms with E-state index < -0.39 is 17.5 Å². The minimum absolute atomic E-state index is 0.0652. The van der Waals surface area contributed by atoms with Crippen LogP contribution in [-0.2, 0) is 9.53 Å². The molecule has 0 radical (unpaired) electrons. The fourth-order valence-corrected chi connectivity index (χ4v) is 3.62. The Kier molecular flexibility index (Phi) is 4.91. The third-order valence-electron chi connectivity index (χ3n) is 5.10. The smallest absolute Gasteiger partial charge is 0.261 e. The van der Waals surface area contributed by atoms with E-state index in [9.17, 15) is 14.4 Å². The van der Waals surface area contributed by atoms with Gasteiger partial charge in [-0.15, -0.1) is 0 Å². The predicted octanol–water partition coefficient (Wildman–Crippen LogP) is -0.199. The average Bonchev–Trinajstić information content (AvgIpc) is 2.73. The van der Waals surface area contributed by atoms with Crippen LogP contribution in [0.15, 0.2) is 35.1 Å². The maximum atomic E-state index is 13.1. The van der Waals surface area contributed by atoms with Crippen molar-refractivity contribution in [1.29, 1.82) is 0 Å². The summed E-state index contributed by atoms with van der Waals surface area (Å²) in [6, 6.07) is 8.30. The zero-order valence-corrected chi connectivity index (χ0v) is 14.9. The summed E-state index contributed by atoms with van der Waals surface area (Å²) in [5.74, 6) is -0.508. The monoisotopic (exact) mass is 370 g/mol. The van der Waals surface area contributed by atoms with Crippen LogP contribution in [0.25, 0.3) is 10.9 Å². The molecule has 2 fully saturated rings. The molecule has 1 atom stereocenters. The number of ether oxygens (including phenoxy) is 1. The number of nitrogens with zero attached hydrogens (tertiary/aromatic N) is 2. The summed E-state index contributed by atoms with van der Waals surface area (Å²) in [5, 5.41) is 3.96. The van der Waals surface area contributed by atoms with E-state index in [-0.39, 0.29) is 11.5 Å². The molecule has 27 heavy (non-hydrogen) atoms. The van der Waals surface area contributed by atoms with Crippen molar-refractivity contribution < 1.29 is 14.3 Å². The molecule has 8 nitrogen and oxygen atoms in total. The first-order valence-electron chi connectivity index (χ1n) is 9.15. The van der Waals surface area contributed by atoms with E-state index in [0.29, 0.717) is 51.5 Å². The van der Waals surface area contributed by atoms with Gasteiger partial charge in [-0.2, -0.15) is 0 Å². The van der Waals surface area contributed by atoms with E-state index in [1.165, 1.54) is 4.90 Å². The van der Waals surface area contributed by atoms with Gasteiger partial charge in [-0.25, -0.2) is 0 Å². The van der Waals surface area contributed by atoms with Crippen molar-refractivity contribution in [3.05, 3.63) is 46.2 Å². The van der Waals surface area contributed by atoms with E-state index in [2.05, 4.69) is 10.3 Å². The predicted molar refractivity (Wildman–Crippen MR) is 99.7 cm³/mol. The van der Waals surface area contributed by atoms with Gasteiger partial charge in [0.15, 0.2) is 0 Å². The van der Waals surface area contributed by atoms with E-state index in [1.807, 2.05) is 18.2 Å². The van der Waals surface area contributed by atoms with Crippen molar-refractivity contribution in [2.45, 2.75) is 6.04 Å². The second kappa shape index (κ2) is 7.50. The molecule has 0 unspecified atom stereocenters. The number of para-hydroxylation sites is 1. The van der Waals surface area contributed by atoms with Crippen LogP contribution < -0.4 is 10.9 Å². The standard InChI is InChI=1S/C19H22N4O4/c24-17-14(11-13-3-1-2-4-15(13)21-17)18(25)23-6-5-20-12-16(23)19(26)22-7-9-27-10-8-22/h1-4,11,16,20H,5-10,12H2,(H,21,24)/t16-/m0/s1. The van der Waals surface area contributed by atoms with Crippen LogP contribution >= 0.6 is 0 Å². The van der Waals surface area contributed by atoms with Crippen LogP contribution in [0.4, 0.5) is 0 Å². The van der Waals surface area contributed by atoms with Gasteiger partial charge >= 0.3 is 0 Å². The van der Waals surface area contributed by atoms with Gasteiger partial charge < -0.3 is 24.8 Å². The van der Waals surface area contributed by atoms with Crippen molar-refractivity contribution in [3.8, 4) is 0 Å². The number of morpholine rings is 1. The molecule has 2 aromatic rings. The summed E-state index contributed by atoms with van der Waals surface area (Å²) in [4.78, 5) is 44.6. The highest BCUT2D eigenvalue weighted by Crippen LogP contribution is 2.15. The van der Waals surface area contributed by atoms with Crippen LogP contribution in [0, 0.1) is 0 Å². The van der Waals surface area contributed by atoms with Gasteiger partial charge in [0.25, 0.3) is 11.5 Å². The number of fused-ring (bicyclic) bond motifs is 1. The van der Waals surface area contributed by atoms with Crippen molar-refractivity contribution in [2.24, 2.45) is 0 Å². The van der Waals surface area contributed by atoms with Gasteiger partial charge in [0.1, 0.15) is 11.6 Å². The second-order valence-corrected chi connectivity index (χ2v) is 6.76. The topological polar surface area (TPSA) is 94.7 Å². The molecule has 2 aliphatic heterocycles. The fraction of sp³-hybridized carbons (Fsp3) is 0.421. The molecule has 8 heteroatoms. The summed E-state index contributed by atoms with van der Waals surface area (Å²) in [6.07, 6.45) is 0. The molecule has 1 aromatic heterocycles. The highest BCUT2D eigenvalue weighted by Gasteiger charge is 2.36. The number of hydrogen-bond donors (Lipinski definition) is 2. The average molecular weight is 370 g/mol. The van der Waals surface area contributed by atoms with E-state index in [0.717, 1.165) is 5.39 Å². The van der Waals surface area contributed by atoms with E-state index >= 15 is 0 Å². The lowest BCUT2D eigenvalue weighted by atomic mass is 10.1. The van der Waals surface area contributed by atoms with Crippen LogP contribution in [0.3, 0.4) is 0 Å². The van der Waals surface area contributed by atoms with Crippen LogP contribution in [0.1, 0.15) is 10.4 Å². The van der Waals surface area contributed by atoms with Crippen LogP contribution in [0.2, 0.25) is 0 Å². The van der Waals surface area contributed by atoms with Crippen molar-refractivity contribution >= 4 is 22.7 Å². The molecule has 2 aliphatic rings. The quantitative estimate of drug-likeness (QED) is 0.764. The number of aromatic amines is 1. The molecule has 0 saturated carbocycles. The van der Waals surface area contributed by atoms with Crippen LogP contribution in [0.5, 0.6) is 0 Å². The lowest BCUT2D eigenvalue weighted by Gasteiger charge is -2.39. The maximum absolute atomic E-state index is 13.1. The molecule has 1 aromatic carbocycles. The molecular weight excluding hydrogens is 348 g/mol. The Morgan fingerprint density at radius 2 is 1.89 bits per heavy atom. The first-order valence-corrected chi connectivity index (χ1v) is 9.15. The molecule has 3 heterocycles. The minimum atomic E-state index is -0.616. The lowest BCUT2D eigenvalue weighted by molar-refractivity contribution is -0.140. The fourth-order valence-electron chi connectivity index (χ4n) is 3.62. The van der Waals surface area contributed by atoms with Gasteiger partial charge in [-0.05, 0) is 17.5 Å². The van der Waals surface area contributed by atoms with Gasteiger partial charge in [0, 0.05) is 38.2 Å². The third kappa shape index (κ3) is 3.45. The first kappa shape index (κ1) is 17.7. The SMILES string of the molecule is O=C([C@@H]1CNCCN1C(=O)c1cc2ccccc2[nH]c1=O)N1CCOCC1. The number of pyridine rings is 1. The molecule has 4 rings (SSSR count). The van der Waals surface area contributed by atoms with Gasteiger partial charge in [0.05, 0.1) is 13.2 Å². The highest BCUT2D eigenvalue weighted by atomic mass is 16.5. The number of piperazine rings is 1. The number of amides is 2. The summed E-state index contributed by atoms with van der Waals surface area (Å²) in [5.41, 5.74) is 0.311. The number of aromatic nitrogens is 1. The van der Waals surface area contributed by atoms with Gasteiger partial charge in [-0.1, -0.05) is 18.2 Å². The zero-order chi connectivity index (χ0) is 18.8. The summed E-state index contributed by atoms with van der Waals surface area (Å²) in [7, 11) is 0. The Morgan fingerprint density at radius 1 is 1.11 bits per heavy atom. The molecule has 2 amide bonds. The second-order valence-electron chi connectivity index (χ2n) is 6.76. The highest BCUT2D eigenvalue weighted by molar-refractivity contribution is 5.99. The number of rotatable bonds is 2. The first-order chi connectivity index (χ1) is 13.1. The van der Waals surface area contributed by atoms with Crippen molar-refractivity contribution in [1.82, 2.24) is 20.1 Å². The lowest BCUT2D eigenvalue weighted by Crippen LogP contribution is -2.61. The van der Waals surface area contributed by atoms with Gasteiger partial charge in [0.2, 0.25) is 5.91 Å². The number of carbonyl (C=O) groups excluding carboxylic acids is 2. The molecule has 0 aliphatic carbocycles. The number of hydrogen-bond acceptors (Lipinski definition) is 5. The molecule has 2 N–H and O–H groups in total. The normalized spacial score (nSPS) is 20.7. The van der Waals surface area contributed by atoms with Crippen LogP contribution in [-0.4, -0.2) is 78.6 Å². The Bertz CT molecular complexity index is 919. The molecule has 0 spiro atoms. The molecule has 142 valence electrons. The summed E-state index contributed by atoms with van der Waals surface area (Å²) in [6.45, 7) is 3.40. The number of H-pyrrole nitrogens is 1. The maximum Gasteiger partial charge on any atom is 0.261 e.